The van der Waals surface area contributed by atoms with Crippen LogP contribution in [0.5, 0.6) is 5.75 Å². The molecule has 5 aromatic rings. The lowest BCUT2D eigenvalue weighted by Crippen LogP contribution is -2.38. The van der Waals surface area contributed by atoms with Crippen molar-refractivity contribution >= 4 is 28.8 Å². The summed E-state index contributed by atoms with van der Waals surface area (Å²) in [5.41, 5.74) is 5.54. The number of nitro groups is 1. The zero-order valence-electron chi connectivity index (χ0n) is 21.9. The first-order valence-electron chi connectivity index (χ1n) is 13.1. The minimum Gasteiger partial charge on any atom is -0.497 e. The number of aryl methyl sites for hydroxylation is 1. The van der Waals surface area contributed by atoms with Crippen molar-refractivity contribution in [2.24, 2.45) is 4.99 Å². The number of aromatic nitrogens is 1. The van der Waals surface area contributed by atoms with Crippen LogP contribution in [0.4, 0.5) is 5.69 Å². The Bertz CT molecular complexity index is 2050. The number of allylic oxidation sites excluding steroid dienone is 1. The zero-order valence-corrected chi connectivity index (χ0v) is 22.8. The van der Waals surface area contributed by atoms with Gasteiger partial charge in [0.2, 0.25) is 0 Å². The van der Waals surface area contributed by atoms with Crippen molar-refractivity contribution in [1.82, 2.24) is 4.57 Å². The van der Waals surface area contributed by atoms with Crippen LogP contribution in [0.1, 0.15) is 34.9 Å². The lowest BCUT2D eigenvalue weighted by molar-refractivity contribution is -0.384. The molecule has 202 valence electrons. The average molecular weight is 562 g/mol. The largest absolute Gasteiger partial charge is 0.497 e. The van der Waals surface area contributed by atoms with Crippen molar-refractivity contribution in [2.45, 2.75) is 18.9 Å². The van der Waals surface area contributed by atoms with Crippen LogP contribution in [-0.2, 0) is 6.42 Å². The summed E-state index contributed by atoms with van der Waals surface area (Å²) in [6.45, 7) is 0. The standard InChI is InChI=1S/C32H23N3O5S/c1-39-21-12-15-24(26(17-21)35(37)38)27-16-13-22(40-27)18-28-31(36)34-30(20-8-3-2-4-9-20)25-14-11-19-7-5-6-10-23(19)29(25)33-32(34)41-28/h2-10,12-13,15-18,30H,11,14H2,1H3/b28-18-/t30-/m0/s1. The van der Waals surface area contributed by atoms with E-state index < -0.39 is 4.92 Å². The third kappa shape index (κ3) is 4.22. The molecule has 2 aromatic heterocycles. The number of hydrogen-bond acceptors (Lipinski definition) is 7. The van der Waals surface area contributed by atoms with E-state index in [1.54, 1.807) is 34.9 Å². The van der Waals surface area contributed by atoms with E-state index >= 15 is 0 Å². The van der Waals surface area contributed by atoms with Crippen molar-refractivity contribution < 1.29 is 14.1 Å². The zero-order chi connectivity index (χ0) is 28.1. The summed E-state index contributed by atoms with van der Waals surface area (Å²) < 4.78 is 13.4. The van der Waals surface area contributed by atoms with E-state index in [1.165, 1.54) is 30.1 Å². The van der Waals surface area contributed by atoms with Gasteiger partial charge in [-0.1, -0.05) is 65.9 Å². The molecule has 0 unspecified atom stereocenters. The van der Waals surface area contributed by atoms with Gasteiger partial charge in [-0.05, 0) is 53.8 Å². The lowest BCUT2D eigenvalue weighted by Gasteiger charge is -2.30. The van der Waals surface area contributed by atoms with Gasteiger partial charge in [0, 0.05) is 11.6 Å². The van der Waals surface area contributed by atoms with Crippen molar-refractivity contribution in [2.75, 3.05) is 7.11 Å². The molecular formula is C32H23N3O5S. The van der Waals surface area contributed by atoms with E-state index in [-0.39, 0.29) is 17.3 Å². The van der Waals surface area contributed by atoms with Gasteiger partial charge in [0.1, 0.15) is 17.3 Å². The molecule has 0 amide bonds. The van der Waals surface area contributed by atoms with Crippen LogP contribution in [-0.4, -0.2) is 16.6 Å². The molecule has 0 spiro atoms. The van der Waals surface area contributed by atoms with Crippen LogP contribution in [0.2, 0.25) is 0 Å². The third-order valence-corrected chi connectivity index (χ3v) is 8.54. The van der Waals surface area contributed by atoms with Gasteiger partial charge in [0.25, 0.3) is 11.2 Å². The monoisotopic (exact) mass is 561 g/mol. The van der Waals surface area contributed by atoms with Gasteiger partial charge in [-0.25, -0.2) is 4.99 Å². The van der Waals surface area contributed by atoms with E-state index in [0.717, 1.165) is 35.2 Å². The maximum Gasteiger partial charge on any atom is 0.284 e. The molecule has 0 bridgehead atoms. The van der Waals surface area contributed by atoms with Crippen molar-refractivity contribution in [3.8, 4) is 17.1 Å². The first kappa shape index (κ1) is 25.0. The lowest BCUT2D eigenvalue weighted by atomic mass is 9.83. The van der Waals surface area contributed by atoms with E-state index in [4.69, 9.17) is 14.1 Å². The minimum absolute atomic E-state index is 0.127. The maximum atomic E-state index is 13.9. The molecule has 7 rings (SSSR count). The molecule has 3 aromatic carbocycles. The summed E-state index contributed by atoms with van der Waals surface area (Å²) in [6, 6.07) is 26.1. The summed E-state index contributed by atoms with van der Waals surface area (Å²) in [7, 11) is 1.46. The van der Waals surface area contributed by atoms with E-state index in [0.29, 0.717) is 32.2 Å². The first-order valence-corrected chi connectivity index (χ1v) is 13.9. The SMILES string of the molecule is COc1ccc(-c2ccc(/C=c3\sc4n(c3=O)[C@@H](c3ccccc3)C3=C(N=4)c4ccccc4CC3)o2)c([N+](=O)[O-])c1. The number of hydrogen-bond donors (Lipinski definition) is 0. The van der Waals surface area contributed by atoms with Gasteiger partial charge in [-0.2, -0.15) is 0 Å². The van der Waals surface area contributed by atoms with E-state index in [2.05, 4.69) is 24.3 Å². The van der Waals surface area contributed by atoms with E-state index in [1.807, 2.05) is 30.3 Å². The Labute approximate surface area is 238 Å². The molecule has 0 radical (unpaired) electrons. The molecule has 8 nitrogen and oxygen atoms in total. The van der Waals surface area contributed by atoms with Crippen LogP contribution in [0.25, 0.3) is 23.1 Å². The number of benzene rings is 3. The molecule has 41 heavy (non-hydrogen) atoms. The second-order valence-electron chi connectivity index (χ2n) is 9.87. The molecule has 9 heteroatoms. The number of nitro benzene ring substituents is 1. The normalized spacial score (nSPS) is 16.0. The van der Waals surface area contributed by atoms with Crippen molar-refractivity contribution in [3.05, 3.63) is 143 Å². The Morgan fingerprint density at radius 2 is 1.83 bits per heavy atom. The number of nitrogens with zero attached hydrogens (tertiary/aromatic N) is 3. The summed E-state index contributed by atoms with van der Waals surface area (Å²) in [5, 5.41) is 11.7. The van der Waals surface area contributed by atoms with Crippen LogP contribution in [0.3, 0.4) is 0 Å². The molecule has 3 heterocycles. The highest BCUT2D eigenvalue weighted by molar-refractivity contribution is 7.07. The minimum atomic E-state index is -0.471. The fraction of sp³-hybridized carbons (Fsp3) is 0.125. The highest BCUT2D eigenvalue weighted by Gasteiger charge is 2.32. The molecule has 0 fully saturated rings. The molecule has 0 saturated heterocycles. The van der Waals surface area contributed by atoms with Crippen LogP contribution >= 0.6 is 11.3 Å². The Hall–Kier alpha value is -5.02. The van der Waals surface area contributed by atoms with Gasteiger partial charge < -0.3 is 9.15 Å². The Kier molecular flexibility index (Phi) is 6.01. The summed E-state index contributed by atoms with van der Waals surface area (Å²) in [4.78, 5) is 30.8. The van der Waals surface area contributed by atoms with Crippen LogP contribution in [0, 0.1) is 10.1 Å². The highest BCUT2D eigenvalue weighted by atomic mass is 32.1. The molecule has 2 aliphatic rings. The molecule has 0 saturated carbocycles. The van der Waals surface area contributed by atoms with Gasteiger partial charge in [-0.15, -0.1) is 0 Å². The smallest absolute Gasteiger partial charge is 0.284 e. The molecule has 1 atom stereocenters. The second kappa shape index (κ2) is 9.87. The summed E-state index contributed by atoms with van der Waals surface area (Å²) >= 11 is 1.31. The van der Waals surface area contributed by atoms with Crippen molar-refractivity contribution in [1.29, 1.82) is 0 Å². The number of furan rings is 1. The van der Waals surface area contributed by atoms with Crippen molar-refractivity contribution in [3.63, 3.8) is 0 Å². The summed E-state index contributed by atoms with van der Waals surface area (Å²) in [5.74, 6) is 1.12. The Morgan fingerprint density at radius 1 is 1.02 bits per heavy atom. The number of rotatable bonds is 5. The van der Waals surface area contributed by atoms with Gasteiger partial charge in [0.05, 0.1) is 39.9 Å². The quantitative estimate of drug-likeness (QED) is 0.209. The predicted octanol–water partition coefficient (Wildman–Crippen LogP) is 5.50. The topological polar surface area (TPSA) is 99.9 Å². The number of thiazole rings is 1. The summed E-state index contributed by atoms with van der Waals surface area (Å²) in [6.07, 6.45) is 3.40. The number of ether oxygens (including phenoxy) is 1. The Balaban J connectivity index is 1.37. The third-order valence-electron chi connectivity index (χ3n) is 7.56. The second-order valence-corrected chi connectivity index (χ2v) is 10.9. The maximum absolute atomic E-state index is 13.9. The average Bonchev–Trinajstić information content (AvgIpc) is 3.60. The van der Waals surface area contributed by atoms with Gasteiger partial charge in [-0.3, -0.25) is 19.5 Å². The van der Waals surface area contributed by atoms with Crippen LogP contribution < -0.4 is 19.6 Å². The van der Waals surface area contributed by atoms with Gasteiger partial charge >= 0.3 is 0 Å². The number of methoxy groups -OCH3 is 1. The first-order chi connectivity index (χ1) is 20.0. The molecular weight excluding hydrogens is 538 g/mol. The number of fused-ring (bicyclic) bond motifs is 3. The predicted molar refractivity (Wildman–Crippen MR) is 157 cm³/mol. The Morgan fingerprint density at radius 3 is 2.63 bits per heavy atom. The van der Waals surface area contributed by atoms with Crippen LogP contribution in [0.15, 0.2) is 105 Å². The highest BCUT2D eigenvalue weighted by Crippen LogP contribution is 2.41. The molecule has 1 aliphatic heterocycles. The van der Waals surface area contributed by atoms with E-state index in [9.17, 15) is 14.9 Å². The fourth-order valence-corrected chi connectivity index (χ4v) is 6.64. The molecule has 1 aliphatic carbocycles. The molecule has 0 N–H and O–H groups in total. The fourth-order valence-electron chi connectivity index (χ4n) is 5.66. The van der Waals surface area contributed by atoms with Gasteiger partial charge in [0.15, 0.2) is 4.80 Å².